The molecule has 0 fully saturated rings. The fourth-order valence-corrected chi connectivity index (χ4v) is 3.05. The fraction of sp³-hybridized carbons (Fsp3) is 0.294. The highest BCUT2D eigenvalue weighted by molar-refractivity contribution is 7.10. The first-order valence-electron chi connectivity index (χ1n) is 7.47. The Morgan fingerprint density at radius 1 is 1.25 bits per heavy atom. The summed E-state index contributed by atoms with van der Waals surface area (Å²) in [5, 5.41) is 8.21. The van der Waals surface area contributed by atoms with Crippen LogP contribution in [0.1, 0.15) is 22.9 Å². The molecule has 0 radical (unpaired) electrons. The van der Waals surface area contributed by atoms with Crippen LogP contribution in [0.25, 0.3) is 0 Å². The summed E-state index contributed by atoms with van der Waals surface area (Å²) in [5.74, 6) is -0.366. The maximum absolute atomic E-state index is 12.1. The minimum Gasteiger partial charge on any atom is -0.469 e. The largest absolute Gasteiger partial charge is 0.469 e. The Morgan fingerprint density at radius 2 is 2.00 bits per heavy atom. The van der Waals surface area contributed by atoms with Gasteiger partial charge in [0.05, 0.1) is 19.6 Å². The number of hydrogen-bond acceptors (Lipinski definition) is 4. The average molecular weight is 367 g/mol. The van der Waals surface area contributed by atoms with E-state index < -0.39 is 6.04 Å². The Hall–Kier alpha value is -2.05. The van der Waals surface area contributed by atoms with Gasteiger partial charge in [0.15, 0.2) is 0 Å². The topological polar surface area (TPSA) is 67.4 Å². The summed E-state index contributed by atoms with van der Waals surface area (Å²) in [4.78, 5) is 24.5. The van der Waals surface area contributed by atoms with Crippen molar-refractivity contribution in [2.24, 2.45) is 0 Å². The summed E-state index contributed by atoms with van der Waals surface area (Å²) in [7, 11) is 1.33. The molecule has 128 valence electrons. The monoisotopic (exact) mass is 366 g/mol. The van der Waals surface area contributed by atoms with E-state index >= 15 is 0 Å². The quantitative estimate of drug-likeness (QED) is 0.736. The maximum Gasteiger partial charge on any atom is 0.315 e. The van der Waals surface area contributed by atoms with Crippen molar-refractivity contribution in [1.29, 1.82) is 0 Å². The maximum atomic E-state index is 12.1. The molecule has 24 heavy (non-hydrogen) atoms. The van der Waals surface area contributed by atoms with Crippen LogP contribution in [-0.4, -0.2) is 25.7 Å². The SMILES string of the molecule is COC(=O)C[C@H](NC(=O)NCCc1ccc(Cl)cc1)c1cccs1. The Bertz CT molecular complexity index is 659. The van der Waals surface area contributed by atoms with Gasteiger partial charge in [0.1, 0.15) is 0 Å². The van der Waals surface area contributed by atoms with Crippen molar-refractivity contribution in [3.63, 3.8) is 0 Å². The molecule has 0 saturated heterocycles. The van der Waals surface area contributed by atoms with Crippen LogP contribution >= 0.6 is 22.9 Å². The smallest absolute Gasteiger partial charge is 0.315 e. The van der Waals surface area contributed by atoms with Crippen molar-refractivity contribution < 1.29 is 14.3 Å². The number of ether oxygens (including phenoxy) is 1. The second-order valence-electron chi connectivity index (χ2n) is 5.12. The third-order valence-corrected chi connectivity index (χ3v) is 4.64. The molecule has 0 bridgehead atoms. The number of carbonyl (C=O) groups excluding carboxylic acids is 2. The number of hydrogen-bond donors (Lipinski definition) is 2. The van der Waals surface area contributed by atoms with Gasteiger partial charge in [-0.25, -0.2) is 4.79 Å². The van der Waals surface area contributed by atoms with Crippen LogP contribution in [0.3, 0.4) is 0 Å². The van der Waals surface area contributed by atoms with Crippen molar-refractivity contribution in [2.75, 3.05) is 13.7 Å². The second-order valence-corrected chi connectivity index (χ2v) is 6.54. The van der Waals surface area contributed by atoms with Crippen molar-refractivity contribution in [2.45, 2.75) is 18.9 Å². The Kier molecular flexibility index (Phi) is 7.08. The van der Waals surface area contributed by atoms with E-state index in [1.54, 1.807) is 0 Å². The zero-order valence-corrected chi connectivity index (χ0v) is 14.8. The molecular formula is C17H19ClN2O3S. The minimum absolute atomic E-state index is 0.0988. The number of rotatable bonds is 7. The number of urea groups is 1. The summed E-state index contributed by atoms with van der Waals surface area (Å²) in [6, 6.07) is 10.5. The normalized spacial score (nSPS) is 11.6. The molecule has 1 atom stereocenters. The first-order valence-corrected chi connectivity index (χ1v) is 8.73. The molecule has 0 aliphatic rings. The van der Waals surface area contributed by atoms with Crippen LogP contribution in [0.4, 0.5) is 4.79 Å². The lowest BCUT2D eigenvalue weighted by Gasteiger charge is -2.17. The Morgan fingerprint density at radius 3 is 2.62 bits per heavy atom. The fourth-order valence-electron chi connectivity index (χ4n) is 2.14. The number of carbonyl (C=O) groups is 2. The van der Waals surface area contributed by atoms with E-state index in [9.17, 15) is 9.59 Å². The molecule has 7 heteroatoms. The molecule has 5 nitrogen and oxygen atoms in total. The molecule has 0 unspecified atom stereocenters. The van der Waals surface area contributed by atoms with Crippen molar-refractivity contribution in [3.05, 3.63) is 57.2 Å². The molecule has 2 N–H and O–H groups in total. The number of benzene rings is 1. The van der Waals surface area contributed by atoms with E-state index in [4.69, 9.17) is 16.3 Å². The lowest BCUT2D eigenvalue weighted by atomic mass is 10.1. The first kappa shape index (κ1) is 18.3. The van der Waals surface area contributed by atoms with Gasteiger partial charge in [0.2, 0.25) is 0 Å². The summed E-state index contributed by atoms with van der Waals surface area (Å²) in [6.45, 7) is 0.489. The molecular weight excluding hydrogens is 348 g/mol. The molecule has 0 aliphatic carbocycles. The summed E-state index contributed by atoms with van der Waals surface area (Å²) < 4.78 is 4.69. The molecule has 0 saturated carbocycles. The summed E-state index contributed by atoms with van der Waals surface area (Å²) >= 11 is 7.32. The number of amides is 2. The van der Waals surface area contributed by atoms with Gasteiger partial charge in [0, 0.05) is 16.4 Å². The highest BCUT2D eigenvalue weighted by atomic mass is 35.5. The molecule has 0 spiro atoms. The predicted octanol–water partition coefficient (Wildman–Crippen LogP) is 3.55. The van der Waals surface area contributed by atoms with Gasteiger partial charge in [-0.1, -0.05) is 29.8 Å². The second kappa shape index (κ2) is 9.30. The summed E-state index contributed by atoms with van der Waals surface area (Å²) in [5.41, 5.74) is 1.09. The molecule has 1 aromatic carbocycles. The van der Waals surface area contributed by atoms with Crippen LogP contribution in [-0.2, 0) is 16.0 Å². The summed E-state index contributed by atoms with van der Waals surface area (Å²) in [6.07, 6.45) is 0.798. The van der Waals surface area contributed by atoms with Gasteiger partial charge >= 0.3 is 12.0 Å². The Balaban J connectivity index is 1.83. The lowest BCUT2D eigenvalue weighted by Crippen LogP contribution is -2.39. The van der Waals surface area contributed by atoms with E-state index in [2.05, 4.69) is 10.6 Å². The zero-order valence-electron chi connectivity index (χ0n) is 13.3. The van der Waals surface area contributed by atoms with Crippen LogP contribution in [0, 0.1) is 0 Å². The van der Waals surface area contributed by atoms with Crippen LogP contribution in [0.2, 0.25) is 5.02 Å². The van der Waals surface area contributed by atoms with Gasteiger partial charge in [-0.2, -0.15) is 0 Å². The van der Waals surface area contributed by atoms with E-state index in [1.165, 1.54) is 18.4 Å². The van der Waals surface area contributed by atoms with Crippen LogP contribution in [0.5, 0.6) is 0 Å². The molecule has 0 aliphatic heterocycles. The van der Waals surface area contributed by atoms with Crippen molar-refractivity contribution in [3.8, 4) is 0 Å². The van der Waals surface area contributed by atoms with Gasteiger partial charge in [-0.15, -0.1) is 11.3 Å². The van der Waals surface area contributed by atoms with Crippen LogP contribution < -0.4 is 10.6 Å². The standard InChI is InChI=1S/C17H19ClN2O3S/c1-23-16(21)11-14(15-3-2-10-24-15)20-17(22)19-9-8-12-4-6-13(18)7-5-12/h2-7,10,14H,8-9,11H2,1H3,(H2,19,20,22)/t14-/m0/s1. The van der Waals surface area contributed by atoms with E-state index in [1.807, 2.05) is 41.8 Å². The number of nitrogens with one attached hydrogen (secondary N) is 2. The third kappa shape index (κ3) is 5.86. The molecule has 1 heterocycles. The molecule has 1 aromatic heterocycles. The van der Waals surface area contributed by atoms with Crippen molar-refractivity contribution in [1.82, 2.24) is 10.6 Å². The average Bonchev–Trinajstić information content (AvgIpc) is 3.10. The lowest BCUT2D eigenvalue weighted by molar-refractivity contribution is -0.141. The third-order valence-electron chi connectivity index (χ3n) is 3.40. The van der Waals surface area contributed by atoms with E-state index in [0.29, 0.717) is 18.0 Å². The van der Waals surface area contributed by atoms with Gasteiger partial charge in [-0.05, 0) is 35.6 Å². The van der Waals surface area contributed by atoms with Gasteiger partial charge in [0.25, 0.3) is 0 Å². The number of thiophene rings is 1. The number of esters is 1. The number of halogens is 1. The van der Waals surface area contributed by atoms with Crippen LogP contribution in [0.15, 0.2) is 41.8 Å². The highest BCUT2D eigenvalue weighted by Gasteiger charge is 2.19. The predicted molar refractivity (Wildman–Crippen MR) is 95.4 cm³/mol. The Labute approximate surface area is 150 Å². The van der Waals surface area contributed by atoms with Gasteiger partial charge in [-0.3, -0.25) is 4.79 Å². The molecule has 2 rings (SSSR count). The first-order chi connectivity index (χ1) is 11.6. The highest BCUT2D eigenvalue weighted by Crippen LogP contribution is 2.22. The van der Waals surface area contributed by atoms with Gasteiger partial charge < -0.3 is 15.4 Å². The minimum atomic E-state index is -0.395. The van der Waals surface area contributed by atoms with E-state index in [-0.39, 0.29) is 18.4 Å². The molecule has 2 aromatic rings. The van der Waals surface area contributed by atoms with E-state index in [0.717, 1.165) is 10.4 Å². The zero-order chi connectivity index (χ0) is 17.4. The number of methoxy groups -OCH3 is 1. The van der Waals surface area contributed by atoms with Crippen molar-refractivity contribution >= 4 is 34.9 Å². The molecule has 2 amide bonds.